The molecule has 176 valence electrons. The third-order valence-electron chi connectivity index (χ3n) is 5.16. The largest absolute Gasteiger partial charge is 0.481 e. The molecule has 1 aromatic heterocycles. The Balaban J connectivity index is 1.49. The van der Waals surface area contributed by atoms with Gasteiger partial charge in [-0.2, -0.15) is 0 Å². The van der Waals surface area contributed by atoms with Crippen LogP contribution in [0, 0.1) is 0 Å². The van der Waals surface area contributed by atoms with Crippen molar-refractivity contribution < 1.29 is 24.1 Å². The van der Waals surface area contributed by atoms with Crippen molar-refractivity contribution >= 4 is 5.97 Å². The van der Waals surface area contributed by atoms with E-state index in [4.69, 9.17) is 19.3 Å². The van der Waals surface area contributed by atoms with Gasteiger partial charge in [0.05, 0.1) is 12.2 Å². The van der Waals surface area contributed by atoms with Crippen LogP contribution >= 0.6 is 0 Å². The van der Waals surface area contributed by atoms with Crippen LogP contribution in [0.1, 0.15) is 29.7 Å². The van der Waals surface area contributed by atoms with Crippen molar-refractivity contribution in [1.82, 2.24) is 15.0 Å². The average molecular weight is 462 g/mol. The van der Waals surface area contributed by atoms with E-state index in [9.17, 15) is 4.79 Å². The minimum atomic E-state index is -0.589. The zero-order chi connectivity index (χ0) is 23.6. The van der Waals surface area contributed by atoms with E-state index in [0.717, 1.165) is 36.1 Å². The molecular formula is C26H27N3O5. The molecule has 8 heteroatoms. The van der Waals surface area contributed by atoms with Crippen LogP contribution in [0.15, 0.2) is 90.2 Å². The minimum absolute atomic E-state index is 0.0503. The molecule has 8 nitrogen and oxygen atoms in total. The first-order valence-electron chi connectivity index (χ1n) is 11.2. The van der Waals surface area contributed by atoms with Crippen molar-refractivity contribution in [3.05, 3.63) is 107 Å². The quantitative estimate of drug-likeness (QED) is 0.325. The topological polar surface area (TPSA) is 95.7 Å². The van der Waals surface area contributed by atoms with Gasteiger partial charge in [-0.05, 0) is 36.5 Å². The van der Waals surface area contributed by atoms with Crippen LogP contribution in [-0.2, 0) is 45.2 Å². The molecule has 0 aliphatic carbocycles. The number of allylic oxidation sites excluding steroid dienone is 1. The van der Waals surface area contributed by atoms with Gasteiger partial charge in [0.15, 0.2) is 5.76 Å². The lowest BCUT2D eigenvalue weighted by molar-refractivity contribution is -0.136. The van der Waals surface area contributed by atoms with Gasteiger partial charge in [0.1, 0.15) is 13.2 Å². The maximum Gasteiger partial charge on any atom is 0.383 e. The maximum atomic E-state index is 12.6. The molecule has 2 aromatic carbocycles. The number of carbonyl (C=O) groups excluding carboxylic acids is 1. The summed E-state index contributed by atoms with van der Waals surface area (Å²) in [5, 5.41) is 17.2. The van der Waals surface area contributed by atoms with Gasteiger partial charge >= 0.3 is 5.97 Å². The number of rotatable bonds is 12. The Bertz CT molecular complexity index is 1140. The van der Waals surface area contributed by atoms with Crippen LogP contribution in [0.3, 0.4) is 0 Å². The van der Waals surface area contributed by atoms with Gasteiger partial charge in [0.2, 0.25) is 5.76 Å². The summed E-state index contributed by atoms with van der Waals surface area (Å²) in [5.41, 5.74) is 2.73. The van der Waals surface area contributed by atoms with E-state index in [2.05, 4.69) is 10.3 Å². The van der Waals surface area contributed by atoms with Crippen LogP contribution in [0.2, 0.25) is 0 Å². The Labute approximate surface area is 198 Å². The molecule has 0 unspecified atom stereocenters. The summed E-state index contributed by atoms with van der Waals surface area (Å²) >= 11 is 0. The Morgan fingerprint density at radius 1 is 0.912 bits per heavy atom. The summed E-state index contributed by atoms with van der Waals surface area (Å²) < 4.78 is 19.0. The number of nitrogens with zero attached hydrogens (tertiary/aromatic N) is 3. The Hall–Kier alpha value is -3.91. The van der Waals surface area contributed by atoms with Crippen molar-refractivity contribution in [2.24, 2.45) is 0 Å². The van der Waals surface area contributed by atoms with Crippen LogP contribution in [0.5, 0.6) is 0 Å². The molecule has 1 aliphatic heterocycles. The second kappa shape index (κ2) is 11.8. The monoisotopic (exact) mass is 461 g/mol. The van der Waals surface area contributed by atoms with Crippen LogP contribution in [0.4, 0.5) is 0 Å². The van der Waals surface area contributed by atoms with E-state index < -0.39 is 5.97 Å². The van der Waals surface area contributed by atoms with E-state index in [0.29, 0.717) is 12.3 Å². The zero-order valence-corrected chi connectivity index (χ0v) is 18.8. The fraction of sp³-hybridized carbons (Fsp3) is 0.269. The number of esters is 1. The Morgan fingerprint density at radius 2 is 1.56 bits per heavy atom. The highest BCUT2D eigenvalue weighted by atomic mass is 16.6. The molecule has 3 aromatic rings. The van der Waals surface area contributed by atoms with Crippen molar-refractivity contribution in [3.8, 4) is 0 Å². The second-order valence-electron chi connectivity index (χ2n) is 7.78. The molecule has 0 fully saturated rings. The first kappa shape index (κ1) is 23.3. The number of benzene rings is 2. The van der Waals surface area contributed by atoms with Gasteiger partial charge in [-0.1, -0.05) is 65.9 Å². The number of aryl methyl sites for hydroxylation is 1. The highest BCUT2D eigenvalue weighted by Gasteiger charge is 2.34. The molecule has 1 aliphatic rings. The number of ether oxygens (including phenoxy) is 3. The zero-order valence-electron chi connectivity index (χ0n) is 18.8. The normalized spacial score (nSPS) is 14.5. The molecule has 34 heavy (non-hydrogen) atoms. The number of hydrogen-bond donors (Lipinski definition) is 1. The fourth-order valence-electron chi connectivity index (χ4n) is 3.39. The summed E-state index contributed by atoms with van der Waals surface area (Å²) in [4.78, 5) is 12.6. The summed E-state index contributed by atoms with van der Waals surface area (Å²) in [7, 11) is 0. The van der Waals surface area contributed by atoms with Gasteiger partial charge < -0.3 is 19.3 Å². The number of aromatic nitrogens is 3. The van der Waals surface area contributed by atoms with Crippen molar-refractivity contribution in [2.75, 3.05) is 6.61 Å². The van der Waals surface area contributed by atoms with Crippen molar-refractivity contribution in [2.45, 2.75) is 39.0 Å². The van der Waals surface area contributed by atoms with Crippen LogP contribution in [0.25, 0.3) is 0 Å². The Kier molecular flexibility index (Phi) is 8.08. The second-order valence-corrected chi connectivity index (χ2v) is 7.78. The maximum absolute atomic E-state index is 12.6. The predicted octanol–water partition coefficient (Wildman–Crippen LogP) is 3.68. The Morgan fingerprint density at radius 3 is 2.21 bits per heavy atom. The van der Waals surface area contributed by atoms with Crippen molar-refractivity contribution in [1.29, 1.82) is 0 Å². The lowest BCUT2D eigenvalue weighted by atomic mass is 10.2. The summed E-state index contributed by atoms with van der Waals surface area (Å²) in [6, 6.07) is 19.3. The first-order chi connectivity index (χ1) is 16.7. The molecule has 0 bridgehead atoms. The fourth-order valence-corrected chi connectivity index (χ4v) is 3.39. The number of carbonyl (C=O) groups is 1. The van der Waals surface area contributed by atoms with E-state index in [1.54, 1.807) is 10.8 Å². The van der Waals surface area contributed by atoms with Gasteiger partial charge in [-0.3, -0.25) is 0 Å². The molecule has 0 amide bonds. The molecular weight excluding hydrogens is 434 g/mol. The molecule has 1 N–H and O–H groups in total. The molecule has 2 heterocycles. The number of unbranched alkanes of at least 4 members (excludes halogenated alkanes) is 1. The van der Waals surface area contributed by atoms with Gasteiger partial charge in [-0.25, -0.2) is 9.48 Å². The third-order valence-corrected chi connectivity index (χ3v) is 5.16. The van der Waals surface area contributed by atoms with E-state index in [1.807, 2.05) is 66.9 Å². The molecule has 0 saturated carbocycles. The lowest BCUT2D eigenvalue weighted by Gasteiger charge is -2.10. The smallest absolute Gasteiger partial charge is 0.383 e. The van der Waals surface area contributed by atoms with Gasteiger partial charge in [0.25, 0.3) is 5.76 Å². The van der Waals surface area contributed by atoms with Gasteiger partial charge in [-0.15, -0.1) is 5.10 Å². The third kappa shape index (κ3) is 6.32. The number of hydrogen-bond acceptors (Lipinski definition) is 7. The predicted molar refractivity (Wildman–Crippen MR) is 124 cm³/mol. The van der Waals surface area contributed by atoms with Crippen molar-refractivity contribution in [3.63, 3.8) is 0 Å². The van der Waals surface area contributed by atoms with E-state index >= 15 is 0 Å². The highest BCUT2D eigenvalue weighted by molar-refractivity contribution is 5.91. The van der Waals surface area contributed by atoms with E-state index in [-0.39, 0.29) is 31.3 Å². The molecule has 0 radical (unpaired) electrons. The average Bonchev–Trinajstić information content (AvgIpc) is 3.45. The molecule has 0 spiro atoms. The molecule has 4 rings (SSSR count). The van der Waals surface area contributed by atoms with Crippen LogP contribution < -0.4 is 0 Å². The first-order valence-corrected chi connectivity index (χ1v) is 11.2. The minimum Gasteiger partial charge on any atom is -0.481 e. The standard InChI is InChI=1S/C26H27N3O5/c30-16-8-7-13-22-17-29(28-27-22)15-14-23-24(32-18-20-9-3-1-4-10-20)25(26(31)34-23)33-19-21-11-5-2-6-12-21/h1-6,9-12,14,17,30H,7-8,13,15-16,18-19H2/b23-14-. The highest BCUT2D eigenvalue weighted by Crippen LogP contribution is 2.30. The number of cyclic esters (lactones) is 1. The SMILES string of the molecule is O=C1O/C(=C\Cn2cc(CCCCO)nn2)C(OCc2ccccc2)=C1OCc1ccccc1. The summed E-state index contributed by atoms with van der Waals surface area (Å²) in [6.45, 7) is 0.996. The van der Waals surface area contributed by atoms with Gasteiger partial charge in [0, 0.05) is 12.8 Å². The summed E-state index contributed by atoms with van der Waals surface area (Å²) in [5.74, 6) is 0.0252. The van der Waals surface area contributed by atoms with E-state index in [1.165, 1.54) is 0 Å². The molecule has 0 atom stereocenters. The summed E-state index contributed by atoms with van der Waals surface area (Å²) in [6.07, 6.45) is 5.88. The number of aliphatic hydroxyl groups is 1. The van der Waals surface area contributed by atoms with Crippen LogP contribution in [-0.4, -0.2) is 32.7 Å². The lowest BCUT2D eigenvalue weighted by Crippen LogP contribution is -2.04. The number of aliphatic hydroxyl groups excluding tert-OH is 1. The molecule has 0 saturated heterocycles.